The van der Waals surface area contributed by atoms with E-state index in [2.05, 4.69) is 26.1 Å². The fourth-order valence-electron chi connectivity index (χ4n) is 3.03. The van der Waals surface area contributed by atoms with Crippen molar-refractivity contribution in [1.29, 1.82) is 0 Å². The molecule has 1 rings (SSSR count). The summed E-state index contributed by atoms with van der Waals surface area (Å²) in [6.07, 6.45) is 4.77. The van der Waals surface area contributed by atoms with Crippen LogP contribution in [0.4, 0.5) is 0 Å². The maximum atomic E-state index is 12.6. The van der Waals surface area contributed by atoms with E-state index in [1.54, 1.807) is 0 Å². The topological polar surface area (TPSA) is 64.4 Å². The second-order valence-electron chi connectivity index (χ2n) is 5.87. The zero-order valence-electron chi connectivity index (χ0n) is 12.7. The summed E-state index contributed by atoms with van der Waals surface area (Å²) >= 11 is 0. The second-order valence-corrected chi connectivity index (χ2v) is 5.87. The first-order valence-electron chi connectivity index (χ1n) is 7.68. The average molecular weight is 270 g/mol. The molecule has 0 spiro atoms. The third-order valence-electron chi connectivity index (χ3n) is 4.36. The summed E-state index contributed by atoms with van der Waals surface area (Å²) in [7, 11) is 0. The molecule has 112 valence electrons. The molecule has 1 fully saturated rings. The van der Waals surface area contributed by atoms with Crippen molar-refractivity contribution < 1.29 is 9.53 Å². The molecule has 2 unspecified atom stereocenters. The van der Waals surface area contributed by atoms with Gasteiger partial charge in [-0.15, -0.1) is 0 Å². The maximum absolute atomic E-state index is 12.6. The fraction of sp³-hybridized carbons (Fsp3) is 0.933. The van der Waals surface area contributed by atoms with Crippen LogP contribution in [-0.2, 0) is 9.53 Å². The first-order chi connectivity index (χ1) is 9.09. The Hall–Kier alpha value is -0.610. The van der Waals surface area contributed by atoms with E-state index in [-0.39, 0.29) is 17.4 Å². The molecule has 0 aromatic rings. The number of carbonyl (C=O) groups is 1. The van der Waals surface area contributed by atoms with Crippen LogP contribution in [0.3, 0.4) is 0 Å². The van der Waals surface area contributed by atoms with Gasteiger partial charge < -0.3 is 15.8 Å². The van der Waals surface area contributed by atoms with Crippen LogP contribution in [0.25, 0.3) is 0 Å². The minimum atomic E-state index is -0.378. The van der Waals surface area contributed by atoms with Crippen molar-refractivity contribution in [3.8, 4) is 0 Å². The Bertz CT molecular complexity index is 269. The lowest BCUT2D eigenvalue weighted by Gasteiger charge is -2.33. The molecule has 0 radical (unpaired) electrons. The summed E-state index contributed by atoms with van der Waals surface area (Å²) in [6, 6.07) is 0.176. The number of hydrogen-bond acceptors (Lipinski definition) is 3. The summed E-state index contributed by atoms with van der Waals surface area (Å²) in [5.74, 6) is 0.584. The Balaban J connectivity index is 2.64. The Morgan fingerprint density at radius 1 is 1.42 bits per heavy atom. The third-order valence-corrected chi connectivity index (χ3v) is 4.36. The number of rotatable bonds is 8. The van der Waals surface area contributed by atoms with Gasteiger partial charge in [0.1, 0.15) is 0 Å². The van der Waals surface area contributed by atoms with Crippen LogP contribution >= 0.6 is 0 Å². The Morgan fingerprint density at radius 2 is 2.05 bits per heavy atom. The van der Waals surface area contributed by atoms with Gasteiger partial charge in [-0.25, -0.2) is 0 Å². The molecule has 3 N–H and O–H groups in total. The van der Waals surface area contributed by atoms with E-state index in [1.807, 2.05) is 0 Å². The quantitative estimate of drug-likeness (QED) is 0.709. The molecule has 4 nitrogen and oxygen atoms in total. The molecule has 1 aliphatic heterocycles. The molecule has 1 aliphatic rings. The molecular formula is C15H30N2O2. The largest absolute Gasteiger partial charge is 0.381 e. The molecule has 1 saturated heterocycles. The average Bonchev–Trinajstić information content (AvgIpc) is 2.92. The van der Waals surface area contributed by atoms with Gasteiger partial charge in [0.15, 0.2) is 0 Å². The van der Waals surface area contributed by atoms with Gasteiger partial charge in [-0.05, 0) is 26.2 Å². The van der Waals surface area contributed by atoms with E-state index in [9.17, 15) is 4.79 Å². The SMILES string of the molecule is CCCC(CN)(CCC)C(=O)NC(C)C1CCOC1. The summed E-state index contributed by atoms with van der Waals surface area (Å²) < 4.78 is 5.39. The minimum Gasteiger partial charge on any atom is -0.381 e. The van der Waals surface area contributed by atoms with Crippen LogP contribution in [0, 0.1) is 11.3 Å². The fourth-order valence-corrected chi connectivity index (χ4v) is 3.03. The number of ether oxygens (including phenoxy) is 1. The lowest BCUT2D eigenvalue weighted by molar-refractivity contribution is -0.132. The molecule has 2 atom stereocenters. The third kappa shape index (κ3) is 4.18. The smallest absolute Gasteiger partial charge is 0.227 e. The highest BCUT2D eigenvalue weighted by Gasteiger charge is 2.37. The van der Waals surface area contributed by atoms with E-state index in [0.717, 1.165) is 45.3 Å². The first kappa shape index (κ1) is 16.4. The van der Waals surface area contributed by atoms with Gasteiger partial charge in [0, 0.05) is 25.1 Å². The van der Waals surface area contributed by atoms with Crippen molar-refractivity contribution in [3.05, 3.63) is 0 Å². The number of hydrogen-bond donors (Lipinski definition) is 2. The van der Waals surface area contributed by atoms with E-state index in [0.29, 0.717) is 12.5 Å². The van der Waals surface area contributed by atoms with Gasteiger partial charge in [0.2, 0.25) is 5.91 Å². The lowest BCUT2D eigenvalue weighted by atomic mass is 9.78. The van der Waals surface area contributed by atoms with Crippen LogP contribution in [0.15, 0.2) is 0 Å². The molecule has 19 heavy (non-hydrogen) atoms. The second kappa shape index (κ2) is 7.85. The Labute approximate surface area is 117 Å². The van der Waals surface area contributed by atoms with Crippen molar-refractivity contribution in [2.75, 3.05) is 19.8 Å². The highest BCUT2D eigenvalue weighted by atomic mass is 16.5. The molecule has 1 amide bonds. The van der Waals surface area contributed by atoms with Gasteiger partial charge in [-0.3, -0.25) is 4.79 Å². The van der Waals surface area contributed by atoms with Crippen molar-refractivity contribution in [3.63, 3.8) is 0 Å². The molecule has 1 heterocycles. The zero-order valence-corrected chi connectivity index (χ0v) is 12.7. The number of amides is 1. The molecule has 0 aliphatic carbocycles. The van der Waals surface area contributed by atoms with Crippen LogP contribution in [0.5, 0.6) is 0 Å². The monoisotopic (exact) mass is 270 g/mol. The predicted molar refractivity (Wildman–Crippen MR) is 77.8 cm³/mol. The molecule has 0 saturated carbocycles. The normalized spacial score (nSPS) is 21.4. The van der Waals surface area contributed by atoms with Crippen molar-refractivity contribution in [2.45, 2.75) is 58.9 Å². The summed E-state index contributed by atoms with van der Waals surface area (Å²) in [4.78, 5) is 12.6. The number of nitrogens with one attached hydrogen (secondary N) is 1. The molecule has 0 aromatic heterocycles. The molecule has 4 heteroatoms. The van der Waals surface area contributed by atoms with Gasteiger partial charge in [-0.2, -0.15) is 0 Å². The maximum Gasteiger partial charge on any atom is 0.227 e. The number of nitrogens with two attached hydrogens (primary N) is 1. The van der Waals surface area contributed by atoms with Crippen LogP contribution in [0.2, 0.25) is 0 Å². The molecular weight excluding hydrogens is 240 g/mol. The standard InChI is InChI=1S/C15H30N2O2/c1-4-7-15(11-16,8-5-2)14(18)17-12(3)13-6-9-19-10-13/h12-13H,4-11,16H2,1-3H3,(H,17,18). The van der Waals surface area contributed by atoms with Gasteiger partial charge >= 0.3 is 0 Å². The Morgan fingerprint density at radius 3 is 2.47 bits per heavy atom. The van der Waals surface area contributed by atoms with Gasteiger partial charge in [-0.1, -0.05) is 26.7 Å². The first-order valence-corrected chi connectivity index (χ1v) is 7.68. The molecule has 0 aromatic carbocycles. The van der Waals surface area contributed by atoms with E-state index >= 15 is 0 Å². The van der Waals surface area contributed by atoms with Crippen LogP contribution in [0.1, 0.15) is 52.9 Å². The predicted octanol–water partition coefficient (Wildman–Crippen LogP) is 2.07. The van der Waals surface area contributed by atoms with Crippen molar-refractivity contribution >= 4 is 5.91 Å². The zero-order chi connectivity index (χ0) is 14.3. The van der Waals surface area contributed by atoms with Gasteiger partial charge in [0.05, 0.1) is 12.0 Å². The summed E-state index contributed by atoms with van der Waals surface area (Å²) in [6.45, 7) is 8.32. The van der Waals surface area contributed by atoms with Crippen molar-refractivity contribution in [1.82, 2.24) is 5.32 Å². The Kier molecular flexibility index (Phi) is 6.80. The summed E-state index contributed by atoms with van der Waals surface area (Å²) in [5.41, 5.74) is 5.55. The van der Waals surface area contributed by atoms with E-state index in [1.165, 1.54) is 0 Å². The van der Waals surface area contributed by atoms with Crippen LogP contribution in [-0.4, -0.2) is 31.7 Å². The van der Waals surface area contributed by atoms with Crippen LogP contribution < -0.4 is 11.1 Å². The van der Waals surface area contributed by atoms with E-state index < -0.39 is 0 Å². The minimum absolute atomic E-state index is 0.137. The lowest BCUT2D eigenvalue weighted by Crippen LogP contribution is -2.50. The number of carbonyl (C=O) groups excluding carboxylic acids is 1. The van der Waals surface area contributed by atoms with Gasteiger partial charge in [0.25, 0.3) is 0 Å². The van der Waals surface area contributed by atoms with E-state index in [4.69, 9.17) is 10.5 Å². The van der Waals surface area contributed by atoms with Crippen molar-refractivity contribution in [2.24, 2.45) is 17.1 Å². The summed E-state index contributed by atoms with van der Waals surface area (Å²) in [5, 5.41) is 3.18. The highest BCUT2D eigenvalue weighted by Crippen LogP contribution is 2.30. The highest BCUT2D eigenvalue weighted by molar-refractivity contribution is 5.83. The molecule has 0 bridgehead atoms.